The van der Waals surface area contributed by atoms with Crippen molar-refractivity contribution in [2.45, 2.75) is 33.4 Å². The Hall–Kier alpha value is -3.00. The van der Waals surface area contributed by atoms with Crippen LogP contribution in [0.2, 0.25) is 0 Å². The molecule has 0 saturated carbocycles. The Balaban J connectivity index is 2.19. The lowest BCUT2D eigenvalue weighted by Gasteiger charge is -2.11. The maximum atomic E-state index is 12.8. The fraction of sp³-hybridized carbons (Fsp3) is 0.400. The molecule has 0 bridgehead atoms. The van der Waals surface area contributed by atoms with Crippen LogP contribution in [-0.4, -0.2) is 31.1 Å². The van der Waals surface area contributed by atoms with Crippen LogP contribution in [0.4, 0.5) is 0 Å². The molecule has 0 atom stereocenters. The zero-order valence-electron chi connectivity index (χ0n) is 16.6. The van der Waals surface area contributed by atoms with E-state index < -0.39 is 11.2 Å². The molecule has 0 amide bonds. The van der Waals surface area contributed by atoms with Gasteiger partial charge >= 0.3 is 5.69 Å². The third-order valence-corrected chi connectivity index (χ3v) is 4.68. The van der Waals surface area contributed by atoms with Gasteiger partial charge in [0.15, 0.2) is 16.9 Å². The first-order chi connectivity index (χ1) is 13.3. The first-order valence-electron chi connectivity index (χ1n) is 9.17. The van der Waals surface area contributed by atoms with Gasteiger partial charge in [0, 0.05) is 32.8 Å². The van der Waals surface area contributed by atoms with Crippen LogP contribution in [0, 0.1) is 0 Å². The van der Waals surface area contributed by atoms with Gasteiger partial charge < -0.3 is 9.30 Å². The number of benzene rings is 1. The first-order valence-corrected chi connectivity index (χ1v) is 9.17. The molecular weight excluding hydrogens is 360 g/mol. The number of hydrogen-bond donors (Lipinski definition) is 0. The normalized spacial score (nSPS) is 11.3. The van der Waals surface area contributed by atoms with Gasteiger partial charge in [-0.3, -0.25) is 18.7 Å². The van der Waals surface area contributed by atoms with Gasteiger partial charge in [-0.2, -0.15) is 0 Å². The lowest BCUT2D eigenvalue weighted by molar-refractivity contribution is 0.101. The van der Waals surface area contributed by atoms with Crippen molar-refractivity contribution < 1.29 is 9.53 Å². The number of rotatable bonds is 7. The van der Waals surface area contributed by atoms with Crippen molar-refractivity contribution in [3.05, 3.63) is 62.1 Å². The predicted molar refractivity (Wildman–Crippen MR) is 106 cm³/mol. The van der Waals surface area contributed by atoms with Gasteiger partial charge in [-0.05, 0) is 25.0 Å². The molecule has 0 radical (unpaired) electrons. The Morgan fingerprint density at radius 2 is 1.93 bits per heavy atom. The molecule has 0 aliphatic rings. The number of ether oxygens (including phenoxy) is 1. The quantitative estimate of drug-likeness (QED) is 0.456. The Bertz CT molecular complexity index is 1150. The molecule has 8 heteroatoms. The van der Waals surface area contributed by atoms with E-state index in [0.717, 1.165) is 16.6 Å². The van der Waals surface area contributed by atoms with Gasteiger partial charge in [0.1, 0.15) is 12.4 Å². The van der Waals surface area contributed by atoms with E-state index in [1.54, 1.807) is 23.7 Å². The number of fused-ring (bicyclic) bond motifs is 1. The zero-order chi connectivity index (χ0) is 20.4. The standard InChI is InChI=1S/C20H24N4O4/c1-5-9-28-12-16-21-18-17(19(26)23(4)20(27)22(18)3)24(16)11-14-7-6-8-15(10-14)13(2)25/h6-8,10H,5,9,11-12H2,1-4H3. The highest BCUT2D eigenvalue weighted by molar-refractivity contribution is 5.94. The molecule has 2 heterocycles. The molecule has 3 rings (SSSR count). The lowest BCUT2D eigenvalue weighted by Crippen LogP contribution is -2.37. The summed E-state index contributed by atoms with van der Waals surface area (Å²) in [7, 11) is 3.04. The minimum Gasteiger partial charge on any atom is -0.374 e. The summed E-state index contributed by atoms with van der Waals surface area (Å²) >= 11 is 0. The number of aryl methyl sites for hydroxylation is 1. The number of ketones is 1. The monoisotopic (exact) mass is 384 g/mol. The maximum absolute atomic E-state index is 12.8. The van der Waals surface area contributed by atoms with E-state index in [1.165, 1.54) is 18.5 Å². The Kier molecular flexibility index (Phi) is 5.60. The summed E-state index contributed by atoms with van der Waals surface area (Å²) in [5.41, 5.74) is 1.29. The van der Waals surface area contributed by atoms with Crippen LogP contribution in [-0.2, 0) is 32.0 Å². The van der Waals surface area contributed by atoms with Crippen LogP contribution in [0.1, 0.15) is 42.0 Å². The zero-order valence-corrected chi connectivity index (χ0v) is 16.6. The van der Waals surface area contributed by atoms with E-state index >= 15 is 0 Å². The molecule has 8 nitrogen and oxygen atoms in total. The van der Waals surface area contributed by atoms with Gasteiger partial charge in [-0.15, -0.1) is 0 Å². The van der Waals surface area contributed by atoms with Crippen molar-refractivity contribution in [2.75, 3.05) is 6.61 Å². The van der Waals surface area contributed by atoms with Crippen LogP contribution < -0.4 is 11.2 Å². The van der Waals surface area contributed by atoms with Crippen LogP contribution in [0.3, 0.4) is 0 Å². The van der Waals surface area contributed by atoms with Gasteiger partial charge in [-0.25, -0.2) is 9.78 Å². The van der Waals surface area contributed by atoms with Gasteiger partial charge in [0.25, 0.3) is 5.56 Å². The lowest BCUT2D eigenvalue weighted by atomic mass is 10.1. The number of hydrogen-bond acceptors (Lipinski definition) is 5. The Labute approximate surface area is 162 Å². The number of imidazole rings is 1. The molecular formula is C20H24N4O4. The average molecular weight is 384 g/mol. The molecule has 0 fully saturated rings. The SMILES string of the molecule is CCCOCc1nc2c(c(=O)n(C)c(=O)n2C)n1Cc1cccc(C(C)=O)c1. The smallest absolute Gasteiger partial charge is 0.332 e. The molecule has 0 spiro atoms. The summed E-state index contributed by atoms with van der Waals surface area (Å²) in [5.74, 6) is 0.539. The third-order valence-electron chi connectivity index (χ3n) is 4.68. The second kappa shape index (κ2) is 7.93. The van der Waals surface area contributed by atoms with Crippen molar-refractivity contribution in [3.8, 4) is 0 Å². The van der Waals surface area contributed by atoms with Crippen LogP contribution in [0.15, 0.2) is 33.9 Å². The van der Waals surface area contributed by atoms with Crippen molar-refractivity contribution in [3.63, 3.8) is 0 Å². The van der Waals surface area contributed by atoms with Gasteiger partial charge in [-0.1, -0.05) is 25.1 Å². The second-order valence-electron chi connectivity index (χ2n) is 6.80. The summed E-state index contributed by atoms with van der Waals surface area (Å²) in [4.78, 5) is 41.3. The summed E-state index contributed by atoms with van der Waals surface area (Å²) in [6, 6.07) is 7.26. The highest BCUT2D eigenvalue weighted by atomic mass is 16.5. The van der Waals surface area contributed by atoms with Crippen LogP contribution in [0.25, 0.3) is 11.2 Å². The maximum Gasteiger partial charge on any atom is 0.332 e. The summed E-state index contributed by atoms with van der Waals surface area (Å²) < 4.78 is 9.85. The summed E-state index contributed by atoms with van der Waals surface area (Å²) in [5, 5.41) is 0. The van der Waals surface area contributed by atoms with Crippen molar-refractivity contribution >= 4 is 16.9 Å². The first kappa shape index (κ1) is 19.8. The topological polar surface area (TPSA) is 88.1 Å². The number of nitrogens with zero attached hydrogens (tertiary/aromatic N) is 4. The molecule has 0 saturated heterocycles. The molecule has 28 heavy (non-hydrogen) atoms. The van der Waals surface area contributed by atoms with Crippen molar-refractivity contribution in [1.29, 1.82) is 0 Å². The van der Waals surface area contributed by atoms with Crippen molar-refractivity contribution in [1.82, 2.24) is 18.7 Å². The fourth-order valence-corrected chi connectivity index (χ4v) is 3.15. The molecule has 0 N–H and O–H groups in total. The average Bonchev–Trinajstić information content (AvgIpc) is 3.03. The van der Waals surface area contributed by atoms with E-state index in [9.17, 15) is 14.4 Å². The largest absolute Gasteiger partial charge is 0.374 e. The molecule has 0 aliphatic heterocycles. The Morgan fingerprint density at radius 1 is 1.18 bits per heavy atom. The molecule has 2 aromatic heterocycles. The number of carbonyl (C=O) groups is 1. The second-order valence-corrected chi connectivity index (χ2v) is 6.80. The van der Waals surface area contributed by atoms with Crippen molar-refractivity contribution in [2.24, 2.45) is 14.1 Å². The number of carbonyl (C=O) groups excluding carboxylic acids is 1. The molecule has 1 aromatic carbocycles. The van der Waals surface area contributed by atoms with E-state index in [4.69, 9.17) is 4.74 Å². The molecule has 148 valence electrons. The summed E-state index contributed by atoms with van der Waals surface area (Å²) in [6.07, 6.45) is 0.862. The van der Waals surface area contributed by atoms with E-state index in [-0.39, 0.29) is 12.4 Å². The number of Topliss-reactive ketones (excluding diaryl/α,β-unsaturated/α-hetero) is 1. The number of aromatic nitrogens is 4. The van der Waals surface area contributed by atoms with E-state index in [1.807, 2.05) is 19.1 Å². The van der Waals surface area contributed by atoms with Crippen LogP contribution in [0.5, 0.6) is 0 Å². The third kappa shape index (κ3) is 3.55. The molecule has 0 unspecified atom stereocenters. The minimum absolute atomic E-state index is 0.0258. The Morgan fingerprint density at radius 3 is 2.61 bits per heavy atom. The van der Waals surface area contributed by atoms with Gasteiger partial charge in [0.05, 0.1) is 0 Å². The van der Waals surface area contributed by atoms with Gasteiger partial charge in [0.2, 0.25) is 0 Å². The summed E-state index contributed by atoms with van der Waals surface area (Å²) in [6.45, 7) is 4.67. The van der Waals surface area contributed by atoms with E-state index in [2.05, 4.69) is 4.98 Å². The highest BCUT2D eigenvalue weighted by Gasteiger charge is 2.19. The minimum atomic E-state index is -0.429. The molecule has 0 aliphatic carbocycles. The molecule has 3 aromatic rings. The van der Waals surface area contributed by atoms with E-state index in [0.29, 0.717) is 35.7 Å². The van der Waals surface area contributed by atoms with Crippen LogP contribution >= 0.6 is 0 Å². The predicted octanol–water partition coefficient (Wildman–Crippen LogP) is 1.61. The fourth-order valence-electron chi connectivity index (χ4n) is 3.15. The highest BCUT2D eigenvalue weighted by Crippen LogP contribution is 2.16.